The van der Waals surface area contributed by atoms with Gasteiger partial charge in [-0.05, 0) is 13.0 Å². The molecule has 52 valence electrons. The number of allylic oxidation sites excluding steroid dienone is 3. The molecule has 0 bridgehead atoms. The van der Waals surface area contributed by atoms with E-state index in [1.54, 1.807) is 6.92 Å². The fourth-order valence-electron chi connectivity index (χ4n) is 0.356. The Hall–Kier alpha value is -0.920. The van der Waals surface area contributed by atoms with E-state index in [9.17, 15) is 0 Å². The molecule has 0 aromatic heterocycles. The van der Waals surface area contributed by atoms with Gasteiger partial charge in [0.15, 0.2) is 0 Å². The Kier molecular flexibility index (Phi) is 3.60. The van der Waals surface area contributed by atoms with E-state index < -0.39 is 0 Å². The van der Waals surface area contributed by atoms with Crippen LogP contribution in [0.3, 0.4) is 0 Å². The van der Waals surface area contributed by atoms with Gasteiger partial charge in [-0.25, -0.2) is 0 Å². The van der Waals surface area contributed by atoms with Gasteiger partial charge in [0.25, 0.3) is 0 Å². The van der Waals surface area contributed by atoms with Crippen molar-refractivity contribution in [1.29, 1.82) is 0 Å². The number of hydrogen-bond donors (Lipinski definition) is 2. The van der Waals surface area contributed by atoms with E-state index in [1.807, 2.05) is 6.92 Å². The van der Waals surface area contributed by atoms with Crippen molar-refractivity contribution in [2.75, 3.05) is 0 Å². The Morgan fingerprint density at radius 3 is 2.33 bits per heavy atom. The predicted molar refractivity (Wildman–Crippen MR) is 37.4 cm³/mol. The quantitative estimate of drug-likeness (QED) is 0.442. The molecule has 9 heavy (non-hydrogen) atoms. The molecule has 0 saturated heterocycles. The van der Waals surface area contributed by atoms with Gasteiger partial charge in [0, 0.05) is 12.5 Å². The van der Waals surface area contributed by atoms with Crippen LogP contribution in [0.2, 0.25) is 0 Å². The first kappa shape index (κ1) is 8.08. The maximum Gasteiger partial charge on any atom is 0.114 e. The Morgan fingerprint density at radius 1 is 1.44 bits per heavy atom. The lowest BCUT2D eigenvalue weighted by atomic mass is 10.3. The second-order valence-electron chi connectivity index (χ2n) is 1.70. The van der Waals surface area contributed by atoms with Gasteiger partial charge in [0.2, 0.25) is 0 Å². The molecule has 0 saturated carbocycles. The smallest absolute Gasteiger partial charge is 0.114 e. The molecule has 0 heterocycles. The molecule has 0 aliphatic rings. The van der Waals surface area contributed by atoms with Crippen LogP contribution in [-0.4, -0.2) is 10.2 Å². The minimum Gasteiger partial charge on any atom is -0.512 e. The maximum absolute atomic E-state index is 8.82. The van der Waals surface area contributed by atoms with Crippen molar-refractivity contribution in [3.05, 3.63) is 23.7 Å². The summed E-state index contributed by atoms with van der Waals surface area (Å²) in [5, 5.41) is 17.6. The molecule has 2 heteroatoms. The number of aliphatic hydroxyl groups excluding tert-OH is 2. The lowest BCUT2D eigenvalue weighted by Gasteiger charge is -1.91. The van der Waals surface area contributed by atoms with Crippen LogP contribution >= 0.6 is 0 Å². The molecule has 0 atom stereocenters. The summed E-state index contributed by atoms with van der Waals surface area (Å²) in [4.78, 5) is 0. The van der Waals surface area contributed by atoms with Gasteiger partial charge in [0.05, 0.1) is 5.76 Å². The van der Waals surface area contributed by atoms with Crippen molar-refractivity contribution in [2.45, 2.75) is 20.3 Å². The summed E-state index contributed by atoms with van der Waals surface area (Å²) in [5.74, 6) is 0.306. The van der Waals surface area contributed by atoms with Crippen LogP contribution in [0.15, 0.2) is 23.7 Å². The van der Waals surface area contributed by atoms with Gasteiger partial charge in [0.1, 0.15) is 5.76 Å². The molecular formula is C7H12O2. The van der Waals surface area contributed by atoms with Crippen molar-refractivity contribution >= 4 is 0 Å². The molecule has 0 spiro atoms. The van der Waals surface area contributed by atoms with Crippen LogP contribution in [0.1, 0.15) is 20.3 Å². The molecule has 2 nitrogen and oxygen atoms in total. The van der Waals surface area contributed by atoms with Gasteiger partial charge < -0.3 is 10.2 Å². The van der Waals surface area contributed by atoms with E-state index in [1.165, 1.54) is 12.2 Å². The number of rotatable bonds is 2. The number of aliphatic hydroxyl groups is 2. The van der Waals surface area contributed by atoms with Crippen LogP contribution in [0.4, 0.5) is 0 Å². The molecule has 0 aromatic carbocycles. The highest BCUT2D eigenvalue weighted by atomic mass is 16.3. The molecule has 0 radical (unpaired) electrons. The first-order valence-electron chi connectivity index (χ1n) is 2.95. The minimum absolute atomic E-state index is 0.106. The third-order valence-electron chi connectivity index (χ3n) is 0.972. The second kappa shape index (κ2) is 4.01. The van der Waals surface area contributed by atoms with Gasteiger partial charge in [-0.3, -0.25) is 0 Å². The summed E-state index contributed by atoms with van der Waals surface area (Å²) >= 11 is 0. The highest BCUT2D eigenvalue weighted by molar-refractivity contribution is 5.11. The third-order valence-corrected chi connectivity index (χ3v) is 0.972. The molecule has 0 aliphatic carbocycles. The normalized spacial score (nSPS) is 14.0. The average Bonchev–Trinajstić information content (AvgIpc) is 1.87. The lowest BCUT2D eigenvalue weighted by molar-refractivity contribution is 0.378. The van der Waals surface area contributed by atoms with E-state index in [0.29, 0.717) is 6.42 Å². The summed E-state index contributed by atoms with van der Waals surface area (Å²) < 4.78 is 0. The zero-order chi connectivity index (χ0) is 7.28. The van der Waals surface area contributed by atoms with Crippen molar-refractivity contribution in [3.63, 3.8) is 0 Å². The molecule has 0 unspecified atom stereocenters. The summed E-state index contributed by atoms with van der Waals surface area (Å²) in [6, 6.07) is 0. The predicted octanol–water partition coefficient (Wildman–Crippen LogP) is 2.30. The largest absolute Gasteiger partial charge is 0.512 e. The third kappa shape index (κ3) is 3.64. The Morgan fingerprint density at radius 2 is 2.00 bits per heavy atom. The summed E-state index contributed by atoms with van der Waals surface area (Å²) in [6.07, 6.45) is 3.41. The van der Waals surface area contributed by atoms with Crippen molar-refractivity contribution in [3.8, 4) is 0 Å². The standard InChI is InChI=1S/C7H12O2/c1-3-6(8)5-7(9)4-2/h3,5,8-9H,4H2,1-2H3/b6-3+,7-5+. The molecule has 0 rings (SSSR count). The number of hydrogen-bond acceptors (Lipinski definition) is 2. The highest BCUT2D eigenvalue weighted by Gasteiger charge is 1.87. The molecular weight excluding hydrogens is 116 g/mol. The zero-order valence-electron chi connectivity index (χ0n) is 5.76. The van der Waals surface area contributed by atoms with Gasteiger partial charge >= 0.3 is 0 Å². The van der Waals surface area contributed by atoms with E-state index in [4.69, 9.17) is 10.2 Å². The SMILES string of the molecule is C/C=C(O)\C=C(\O)CC. The fourth-order valence-corrected chi connectivity index (χ4v) is 0.356. The second-order valence-corrected chi connectivity index (χ2v) is 1.70. The van der Waals surface area contributed by atoms with E-state index >= 15 is 0 Å². The maximum atomic E-state index is 8.82. The van der Waals surface area contributed by atoms with Gasteiger partial charge in [-0.15, -0.1) is 0 Å². The fraction of sp³-hybridized carbons (Fsp3) is 0.429. The first-order chi connectivity index (χ1) is 4.20. The van der Waals surface area contributed by atoms with Crippen molar-refractivity contribution in [1.82, 2.24) is 0 Å². The minimum atomic E-state index is 0.106. The molecule has 0 amide bonds. The Balaban J connectivity index is 3.95. The van der Waals surface area contributed by atoms with Crippen LogP contribution in [0.25, 0.3) is 0 Å². The Labute approximate surface area is 55.1 Å². The van der Waals surface area contributed by atoms with Crippen LogP contribution < -0.4 is 0 Å². The lowest BCUT2D eigenvalue weighted by Crippen LogP contribution is -1.79. The average molecular weight is 128 g/mol. The zero-order valence-corrected chi connectivity index (χ0v) is 5.76. The van der Waals surface area contributed by atoms with Crippen molar-refractivity contribution in [2.24, 2.45) is 0 Å². The topological polar surface area (TPSA) is 40.5 Å². The van der Waals surface area contributed by atoms with Crippen LogP contribution in [0.5, 0.6) is 0 Å². The van der Waals surface area contributed by atoms with E-state index in [0.717, 1.165) is 0 Å². The first-order valence-corrected chi connectivity index (χ1v) is 2.95. The molecule has 0 aliphatic heterocycles. The van der Waals surface area contributed by atoms with Gasteiger partial charge in [-0.2, -0.15) is 0 Å². The molecule has 2 N–H and O–H groups in total. The van der Waals surface area contributed by atoms with Crippen LogP contribution in [0, 0.1) is 0 Å². The molecule has 0 fully saturated rings. The highest BCUT2D eigenvalue weighted by Crippen LogP contribution is 1.98. The van der Waals surface area contributed by atoms with E-state index in [-0.39, 0.29) is 11.5 Å². The summed E-state index contributed by atoms with van der Waals surface area (Å²) in [7, 11) is 0. The van der Waals surface area contributed by atoms with Crippen LogP contribution in [-0.2, 0) is 0 Å². The Bertz CT molecular complexity index is 134. The molecule has 0 aromatic rings. The summed E-state index contributed by atoms with van der Waals surface area (Å²) in [5.41, 5.74) is 0. The monoisotopic (exact) mass is 128 g/mol. The van der Waals surface area contributed by atoms with Crippen molar-refractivity contribution < 1.29 is 10.2 Å². The summed E-state index contributed by atoms with van der Waals surface area (Å²) in [6.45, 7) is 3.52. The van der Waals surface area contributed by atoms with Gasteiger partial charge in [-0.1, -0.05) is 6.92 Å². The van der Waals surface area contributed by atoms with E-state index in [2.05, 4.69) is 0 Å².